The van der Waals surface area contributed by atoms with Gasteiger partial charge in [0, 0.05) is 25.1 Å². The van der Waals surface area contributed by atoms with Crippen molar-refractivity contribution in [3.05, 3.63) is 189 Å². The van der Waals surface area contributed by atoms with Gasteiger partial charge in [-0.05, 0) is 134 Å². The Labute approximate surface area is 490 Å². The second kappa shape index (κ2) is 27.8. The molecule has 0 aliphatic heterocycles. The maximum Gasteiger partial charge on any atom is 0.229 e. The van der Waals surface area contributed by atoms with Crippen molar-refractivity contribution in [2.75, 3.05) is 32.4 Å². The molecule has 0 unspecified atom stereocenters. The maximum atomic E-state index is 10.8. The van der Waals surface area contributed by atoms with Crippen LogP contribution in [0.4, 0.5) is 17.3 Å². The summed E-state index contributed by atoms with van der Waals surface area (Å²) in [5.41, 5.74) is 20.5. The van der Waals surface area contributed by atoms with Crippen LogP contribution in [0, 0.1) is 27.7 Å². The summed E-state index contributed by atoms with van der Waals surface area (Å²) >= 11 is 16.8. The number of pyridine rings is 2. The minimum absolute atomic E-state index is 0.0417. The second-order valence-corrected chi connectivity index (χ2v) is 19.2. The lowest BCUT2D eigenvalue weighted by Crippen LogP contribution is -2.20. The third kappa shape index (κ3) is 15.5. The fourth-order valence-electron chi connectivity index (χ4n) is 7.90. The number of carbonyl (C=O) groups is 1. The highest BCUT2D eigenvalue weighted by Gasteiger charge is 2.14. The van der Waals surface area contributed by atoms with Gasteiger partial charge in [-0.15, -0.1) is 0 Å². The number of anilines is 3. The number of nitrogens with one attached hydrogen (secondary N) is 2. The molecule has 0 atom stereocenters. The smallest absolute Gasteiger partial charge is 0.229 e. The lowest BCUT2D eigenvalue weighted by molar-refractivity contribution is 0.101. The van der Waals surface area contributed by atoms with Gasteiger partial charge >= 0.3 is 0 Å². The maximum absolute atomic E-state index is 10.8. The van der Waals surface area contributed by atoms with Crippen LogP contribution < -0.4 is 36.5 Å². The van der Waals surface area contributed by atoms with Crippen LogP contribution in [-0.4, -0.2) is 106 Å². The molecule has 12 aromatic rings. The molecule has 12 rings (SSSR count). The Morgan fingerprint density at radius 1 is 0.590 bits per heavy atom. The average molecular weight is 1180 g/mol. The van der Waals surface area contributed by atoms with Gasteiger partial charge in [-0.3, -0.25) is 16.1 Å². The summed E-state index contributed by atoms with van der Waals surface area (Å²) in [5.74, 6) is 8.00. The lowest BCUT2D eigenvalue weighted by atomic mass is 10.2. The van der Waals surface area contributed by atoms with E-state index in [2.05, 4.69) is 66.0 Å². The number of nitrogen functional groups attached to an aromatic ring is 1. The number of nitrogens with zero attached hydrogens (tertiary/aromatic N) is 16. The average Bonchev–Trinajstić information content (AvgIpc) is 3.62. The number of rotatable bonds is 12. The second-order valence-electron chi connectivity index (χ2n) is 18.2. The van der Waals surface area contributed by atoms with E-state index in [4.69, 9.17) is 65.6 Å². The monoisotopic (exact) mass is 1180 g/mol. The quantitative estimate of drug-likeness (QED) is 0.0291. The summed E-state index contributed by atoms with van der Waals surface area (Å²) in [7, 11) is 4.96. The Hall–Kier alpha value is -9.46. The van der Waals surface area contributed by atoms with Crippen molar-refractivity contribution in [3.8, 4) is 17.2 Å². The predicted molar refractivity (Wildman–Crippen MR) is 319 cm³/mol. The van der Waals surface area contributed by atoms with Crippen LogP contribution in [0.3, 0.4) is 0 Å². The van der Waals surface area contributed by atoms with Gasteiger partial charge in [-0.1, -0.05) is 48.0 Å². The first-order valence-electron chi connectivity index (χ1n) is 25.2. The molecule has 9 aromatic heterocycles. The van der Waals surface area contributed by atoms with Crippen LogP contribution in [0.2, 0.25) is 15.7 Å². The number of hydrogen-bond donors (Lipinski definition) is 4. The van der Waals surface area contributed by atoms with Gasteiger partial charge in [0.25, 0.3) is 0 Å². The van der Waals surface area contributed by atoms with Crippen molar-refractivity contribution >= 4 is 91.3 Å². The summed E-state index contributed by atoms with van der Waals surface area (Å²) in [6, 6.07) is 27.4. The molecule has 0 saturated heterocycles. The molecular weight excluding hydrogens is 1120 g/mol. The van der Waals surface area contributed by atoms with E-state index in [0.29, 0.717) is 25.6 Å². The number of ether oxygens (including phenoxy) is 3. The van der Waals surface area contributed by atoms with Gasteiger partial charge in [0.1, 0.15) is 35.1 Å². The number of halogens is 3. The van der Waals surface area contributed by atoms with Gasteiger partial charge in [0.05, 0.1) is 85.9 Å². The summed E-state index contributed by atoms with van der Waals surface area (Å²) in [4.78, 5) is 43.7. The first-order chi connectivity index (χ1) is 40.0. The largest absolute Gasteiger partial charge is 0.497 e. The fraction of sp³-hybridized carbons (Fsp3) is 0.196. The minimum atomic E-state index is -0.174. The molecule has 0 spiro atoms. The van der Waals surface area contributed by atoms with Crippen molar-refractivity contribution in [1.29, 1.82) is 0 Å². The zero-order valence-electron chi connectivity index (χ0n) is 46.3. The number of fused-ring (bicyclic) bond motifs is 4. The summed E-state index contributed by atoms with van der Waals surface area (Å²) in [6.07, 6.45) is 11.5. The Morgan fingerprint density at radius 3 is 1.57 bits per heavy atom. The molecule has 426 valence electrons. The summed E-state index contributed by atoms with van der Waals surface area (Å²) in [6.45, 7) is 11.2. The number of hydrogen-bond acceptors (Lipinski definition) is 20. The zero-order chi connectivity index (χ0) is 59.2. The van der Waals surface area contributed by atoms with Crippen molar-refractivity contribution in [2.24, 2.45) is 5.84 Å². The molecule has 27 heteroatoms. The molecule has 83 heavy (non-hydrogen) atoms. The van der Waals surface area contributed by atoms with Gasteiger partial charge in [-0.25, -0.2) is 48.3 Å². The molecule has 0 aliphatic carbocycles. The first kappa shape index (κ1) is 59.7. The van der Waals surface area contributed by atoms with E-state index in [9.17, 15) is 4.79 Å². The molecule has 0 radical (unpaired) electrons. The number of Topliss-reactive ketones (excluding diaryl/α,β-unsaturated/α-hetero) is 1. The lowest BCUT2D eigenvalue weighted by Gasteiger charge is -2.09. The van der Waals surface area contributed by atoms with Crippen LogP contribution in [0.1, 0.15) is 56.5 Å². The van der Waals surface area contributed by atoms with E-state index in [1.807, 2.05) is 128 Å². The Morgan fingerprint density at radius 2 is 1.06 bits per heavy atom. The van der Waals surface area contributed by atoms with Gasteiger partial charge in [0.2, 0.25) is 16.5 Å². The highest BCUT2D eigenvalue weighted by Crippen LogP contribution is 2.24. The minimum Gasteiger partial charge on any atom is -0.497 e. The van der Waals surface area contributed by atoms with Crippen LogP contribution in [0.15, 0.2) is 129 Å². The summed E-state index contributed by atoms with van der Waals surface area (Å²) < 4.78 is 22.5. The number of nitrogens with two attached hydrogens (primary N) is 2. The van der Waals surface area contributed by atoms with E-state index < -0.39 is 0 Å². The molecular formula is C56H57Cl3N20O4. The van der Waals surface area contributed by atoms with E-state index in [0.717, 1.165) is 101 Å². The molecule has 0 bridgehead atoms. The third-order valence-corrected chi connectivity index (χ3v) is 13.0. The number of carbonyl (C=O) groups excluding carboxylic acids is 1. The number of hydrazine groups is 1. The first-order valence-corrected chi connectivity index (χ1v) is 26.4. The van der Waals surface area contributed by atoms with Gasteiger partial charge in [0.15, 0.2) is 28.4 Å². The fourth-order valence-corrected chi connectivity index (χ4v) is 8.47. The molecule has 9 heterocycles. The van der Waals surface area contributed by atoms with Crippen molar-refractivity contribution in [1.82, 2.24) is 84.1 Å². The van der Waals surface area contributed by atoms with Crippen LogP contribution in [0.5, 0.6) is 17.2 Å². The third-order valence-electron chi connectivity index (χ3n) is 12.4. The molecule has 3 aromatic carbocycles. The molecule has 0 saturated carbocycles. The number of methoxy groups -OCH3 is 3. The van der Waals surface area contributed by atoms with Crippen molar-refractivity contribution in [2.45, 2.75) is 54.3 Å². The highest BCUT2D eigenvalue weighted by molar-refractivity contribution is 6.34. The molecule has 24 nitrogen and oxygen atoms in total. The van der Waals surface area contributed by atoms with Crippen molar-refractivity contribution in [3.63, 3.8) is 0 Å². The van der Waals surface area contributed by atoms with E-state index in [1.54, 1.807) is 49.0 Å². The zero-order valence-corrected chi connectivity index (χ0v) is 48.6. The SMILES string of the molecule is CC(=O)c1cnc(Cl)nc1Cl.COc1ccc(CNN)cc1.COc1ccc(Cn2nc(C)c3cnc(Cl)nc32)cc1.COc1ccc(Cn2nc(C)c3cnc(Nc4cn5ncnc5cc4C)nc32)cc1.Cc1cc2ncnn2cc1N. The predicted octanol–water partition coefficient (Wildman–Crippen LogP) is 9.40. The Kier molecular flexibility index (Phi) is 20.0. The van der Waals surface area contributed by atoms with Crippen LogP contribution >= 0.6 is 34.8 Å². The number of aryl methyl sites for hydroxylation is 4. The standard InChI is InChI=1S/C21H20N8O.C14H13ClN4O.C8H12N2O.C7H8N4.C6H4Cl2N2O/c1-13-8-19-23-12-24-28(19)11-18(13)25-21-22-9-17-14(2)27-29(20(17)26-21)10-15-4-6-16(30-3)7-5-15;1-9-12-7-16-14(15)17-13(12)19(18-9)8-10-3-5-11(20-2)6-4-10;1-11-8-4-2-7(3-5-8)6-10-9;1-5-2-7-9-4-10-11(7)3-6(5)8;1-3(11)4-2-9-6(8)10-5(4)7/h4-9,11-12H,10H2,1-3H3,(H,22,25,26);3-7H,8H2,1-2H3;2-5,10H,6,9H2,1H3;2-4H,8H2,1H3;2H,1H3. The molecule has 0 fully saturated rings. The number of benzene rings is 3. The van der Waals surface area contributed by atoms with E-state index >= 15 is 0 Å². The van der Waals surface area contributed by atoms with Crippen molar-refractivity contribution < 1.29 is 19.0 Å². The normalized spacial score (nSPS) is 10.7. The topological polar surface area (TPSA) is 294 Å². The van der Waals surface area contributed by atoms with Gasteiger partial charge in [-0.2, -0.15) is 30.4 Å². The highest BCUT2D eigenvalue weighted by atomic mass is 35.5. The van der Waals surface area contributed by atoms with Gasteiger partial charge < -0.3 is 25.3 Å². The molecule has 6 N–H and O–H groups in total. The molecule has 0 amide bonds. The van der Waals surface area contributed by atoms with Crippen LogP contribution in [0.25, 0.3) is 33.4 Å². The summed E-state index contributed by atoms with van der Waals surface area (Å²) in [5, 5.41) is 22.8. The number of aromatic nitrogens is 16. The van der Waals surface area contributed by atoms with E-state index in [1.165, 1.54) is 25.8 Å². The van der Waals surface area contributed by atoms with E-state index in [-0.39, 0.29) is 27.1 Å². The Bertz CT molecular complexity index is 4100. The number of ketones is 1. The Balaban J connectivity index is 0.000000146. The van der Waals surface area contributed by atoms with Crippen LogP contribution in [-0.2, 0) is 19.6 Å². The molecule has 0 aliphatic rings.